The number of hydrogen-bond donors (Lipinski definition) is 2. The first-order chi connectivity index (χ1) is 9.06. The lowest BCUT2D eigenvalue weighted by atomic mass is 9.82. The van der Waals surface area contributed by atoms with Gasteiger partial charge in [0.25, 0.3) is 0 Å². The van der Waals surface area contributed by atoms with Crippen molar-refractivity contribution >= 4 is 17.9 Å². The van der Waals surface area contributed by atoms with Crippen molar-refractivity contribution in [1.82, 2.24) is 10.2 Å². The highest BCUT2D eigenvalue weighted by Gasteiger charge is 2.51. The van der Waals surface area contributed by atoms with E-state index in [4.69, 9.17) is 4.42 Å². The number of aliphatic carboxylic acids is 1. The van der Waals surface area contributed by atoms with Crippen LogP contribution < -0.4 is 5.32 Å². The molecule has 1 amide bonds. The first-order valence-electron chi connectivity index (χ1n) is 6.08. The van der Waals surface area contributed by atoms with Gasteiger partial charge in [-0.1, -0.05) is 17.3 Å². The minimum atomic E-state index is -0.932. The fourth-order valence-corrected chi connectivity index (χ4v) is 3.05. The minimum Gasteiger partial charge on any atom is -0.481 e. The van der Waals surface area contributed by atoms with Crippen molar-refractivity contribution in [1.29, 1.82) is 0 Å². The van der Waals surface area contributed by atoms with Gasteiger partial charge < -0.3 is 9.52 Å². The van der Waals surface area contributed by atoms with Gasteiger partial charge in [-0.15, -0.1) is 5.10 Å². The van der Waals surface area contributed by atoms with Gasteiger partial charge in [0.05, 0.1) is 11.8 Å². The van der Waals surface area contributed by atoms with Crippen molar-refractivity contribution in [2.45, 2.75) is 13.3 Å². The standard InChI is InChI=1S/C12H13N3O4/c1-5-14-15-12(19-5)13-10(16)8-6-2-3-7(4-6)9(8)11(17)18/h2-3,6-9H,4H2,1H3,(H,17,18)(H,13,15,16). The zero-order valence-electron chi connectivity index (χ0n) is 10.2. The maximum absolute atomic E-state index is 12.2. The molecule has 2 aliphatic carbocycles. The average Bonchev–Trinajstić information content (AvgIpc) is 3.03. The molecule has 7 nitrogen and oxygen atoms in total. The summed E-state index contributed by atoms with van der Waals surface area (Å²) in [6.45, 7) is 1.61. The van der Waals surface area contributed by atoms with Crippen molar-refractivity contribution in [3.8, 4) is 0 Å². The van der Waals surface area contributed by atoms with Gasteiger partial charge in [0.1, 0.15) is 0 Å². The van der Waals surface area contributed by atoms with E-state index in [1.165, 1.54) is 0 Å². The molecular weight excluding hydrogens is 250 g/mol. The molecule has 1 fully saturated rings. The number of aryl methyl sites for hydroxylation is 1. The molecule has 0 aliphatic heterocycles. The fourth-order valence-electron chi connectivity index (χ4n) is 3.05. The minimum absolute atomic E-state index is 0.0124. The van der Waals surface area contributed by atoms with E-state index in [2.05, 4.69) is 15.5 Å². The molecule has 1 heterocycles. The van der Waals surface area contributed by atoms with Crippen LogP contribution in [0.1, 0.15) is 12.3 Å². The number of carboxylic acids is 1. The lowest BCUT2D eigenvalue weighted by Crippen LogP contribution is -2.36. The summed E-state index contributed by atoms with van der Waals surface area (Å²) in [6.07, 6.45) is 4.54. The van der Waals surface area contributed by atoms with E-state index in [1.807, 2.05) is 12.2 Å². The molecule has 19 heavy (non-hydrogen) atoms. The molecule has 0 spiro atoms. The molecule has 3 rings (SSSR count). The van der Waals surface area contributed by atoms with Crippen molar-refractivity contribution in [2.75, 3.05) is 5.32 Å². The van der Waals surface area contributed by atoms with E-state index in [9.17, 15) is 14.7 Å². The summed E-state index contributed by atoms with van der Waals surface area (Å²) in [5, 5.41) is 19.0. The summed E-state index contributed by atoms with van der Waals surface area (Å²) in [5.41, 5.74) is 0. The number of amides is 1. The first-order valence-corrected chi connectivity index (χ1v) is 6.08. The number of carbonyl (C=O) groups excluding carboxylic acids is 1. The second-order valence-electron chi connectivity index (χ2n) is 4.95. The maximum atomic E-state index is 12.2. The van der Waals surface area contributed by atoms with E-state index in [-0.39, 0.29) is 23.8 Å². The lowest BCUT2D eigenvalue weighted by Gasteiger charge is -2.22. The van der Waals surface area contributed by atoms with Crippen molar-refractivity contribution in [3.63, 3.8) is 0 Å². The van der Waals surface area contributed by atoms with Crippen LogP contribution >= 0.6 is 0 Å². The van der Waals surface area contributed by atoms with Crippen LogP contribution in [0.25, 0.3) is 0 Å². The Morgan fingerprint density at radius 1 is 1.32 bits per heavy atom. The molecule has 0 aromatic carbocycles. The van der Waals surface area contributed by atoms with Gasteiger partial charge in [0, 0.05) is 6.92 Å². The number of fused-ring (bicyclic) bond motifs is 2. The SMILES string of the molecule is Cc1nnc(NC(=O)C2C3C=CC(C3)C2C(=O)O)o1. The third-order valence-electron chi connectivity index (χ3n) is 3.80. The van der Waals surface area contributed by atoms with E-state index in [0.717, 1.165) is 6.42 Å². The summed E-state index contributed by atoms with van der Waals surface area (Å²) in [5.74, 6) is -2.26. The highest BCUT2D eigenvalue weighted by atomic mass is 16.4. The van der Waals surface area contributed by atoms with Gasteiger partial charge in [-0.25, -0.2) is 0 Å². The molecule has 4 atom stereocenters. The van der Waals surface area contributed by atoms with Crippen LogP contribution in [0, 0.1) is 30.6 Å². The summed E-state index contributed by atoms with van der Waals surface area (Å²) >= 11 is 0. The van der Waals surface area contributed by atoms with Gasteiger partial charge in [0.15, 0.2) is 0 Å². The van der Waals surface area contributed by atoms with Crippen LogP contribution in [-0.4, -0.2) is 27.2 Å². The van der Waals surface area contributed by atoms with Crippen LogP contribution in [0.2, 0.25) is 0 Å². The molecule has 2 N–H and O–H groups in total. The smallest absolute Gasteiger partial charge is 0.322 e. The fraction of sp³-hybridized carbons (Fsp3) is 0.500. The zero-order chi connectivity index (χ0) is 13.6. The number of anilines is 1. The van der Waals surface area contributed by atoms with E-state index < -0.39 is 17.8 Å². The Kier molecular flexibility index (Phi) is 2.62. The van der Waals surface area contributed by atoms with Gasteiger partial charge in [-0.3, -0.25) is 14.9 Å². The molecule has 2 bridgehead atoms. The third kappa shape index (κ3) is 1.91. The predicted octanol–water partition coefficient (Wildman–Crippen LogP) is 0.839. The normalized spacial score (nSPS) is 31.6. The summed E-state index contributed by atoms with van der Waals surface area (Å²) in [4.78, 5) is 23.5. The third-order valence-corrected chi connectivity index (χ3v) is 3.80. The van der Waals surface area contributed by atoms with Crippen LogP contribution in [-0.2, 0) is 9.59 Å². The second kappa shape index (κ2) is 4.18. The van der Waals surface area contributed by atoms with Crippen molar-refractivity contribution in [2.24, 2.45) is 23.7 Å². The average molecular weight is 263 g/mol. The van der Waals surface area contributed by atoms with Gasteiger partial charge in [0.2, 0.25) is 11.8 Å². The number of carbonyl (C=O) groups is 2. The second-order valence-corrected chi connectivity index (χ2v) is 4.95. The molecule has 1 aromatic heterocycles. The van der Waals surface area contributed by atoms with E-state index >= 15 is 0 Å². The molecule has 1 saturated carbocycles. The maximum Gasteiger partial charge on any atom is 0.322 e. The molecule has 7 heteroatoms. The van der Waals surface area contributed by atoms with Crippen molar-refractivity contribution < 1.29 is 19.1 Å². The zero-order valence-corrected chi connectivity index (χ0v) is 10.2. The van der Waals surface area contributed by atoms with E-state index in [0.29, 0.717) is 5.89 Å². The van der Waals surface area contributed by atoms with Crippen LogP contribution in [0.3, 0.4) is 0 Å². The lowest BCUT2D eigenvalue weighted by molar-refractivity contribution is -0.146. The summed E-state index contributed by atoms with van der Waals surface area (Å²) < 4.78 is 5.07. The Balaban J connectivity index is 1.79. The number of rotatable bonds is 3. The quantitative estimate of drug-likeness (QED) is 0.783. The van der Waals surface area contributed by atoms with E-state index in [1.54, 1.807) is 6.92 Å². The molecule has 4 unspecified atom stereocenters. The Labute approximate surface area is 108 Å². The Morgan fingerprint density at radius 2 is 2.00 bits per heavy atom. The Hall–Kier alpha value is -2.18. The Morgan fingerprint density at radius 3 is 2.58 bits per heavy atom. The number of nitrogens with zero attached hydrogens (tertiary/aromatic N) is 2. The molecule has 2 aliphatic rings. The molecule has 1 aromatic rings. The predicted molar refractivity (Wildman–Crippen MR) is 63.0 cm³/mol. The number of carboxylic acid groups (broad SMARTS) is 1. The number of aromatic nitrogens is 2. The van der Waals surface area contributed by atoms with Crippen LogP contribution in [0.15, 0.2) is 16.6 Å². The van der Waals surface area contributed by atoms with Crippen LogP contribution in [0.5, 0.6) is 0 Å². The molecule has 100 valence electrons. The monoisotopic (exact) mass is 263 g/mol. The van der Waals surface area contributed by atoms with Gasteiger partial charge >= 0.3 is 12.0 Å². The number of allylic oxidation sites excluding steroid dienone is 2. The molecule has 0 saturated heterocycles. The largest absolute Gasteiger partial charge is 0.481 e. The summed E-state index contributed by atoms with van der Waals surface area (Å²) in [6, 6.07) is 0.0124. The van der Waals surface area contributed by atoms with Crippen LogP contribution in [0.4, 0.5) is 6.01 Å². The number of hydrogen-bond acceptors (Lipinski definition) is 5. The number of nitrogens with one attached hydrogen (secondary N) is 1. The Bertz CT molecular complexity index is 565. The first kappa shape index (κ1) is 11.9. The summed E-state index contributed by atoms with van der Waals surface area (Å²) in [7, 11) is 0. The highest BCUT2D eigenvalue weighted by molar-refractivity contribution is 5.94. The topological polar surface area (TPSA) is 105 Å². The molecule has 0 radical (unpaired) electrons. The highest BCUT2D eigenvalue weighted by Crippen LogP contribution is 2.48. The van der Waals surface area contributed by atoms with Gasteiger partial charge in [-0.05, 0) is 18.3 Å². The molecular formula is C12H13N3O4. The van der Waals surface area contributed by atoms with Gasteiger partial charge in [-0.2, -0.15) is 0 Å². The van der Waals surface area contributed by atoms with Crippen molar-refractivity contribution in [3.05, 3.63) is 18.0 Å².